The first-order valence-corrected chi connectivity index (χ1v) is 8.56. The quantitative estimate of drug-likeness (QED) is 0.789. The number of hydrogen-bond acceptors (Lipinski definition) is 4. The standard InChI is InChI=1S/C17H27NO4/c1-21-16(20)11-17(4-6-22-7-5-17)18-15(19)10-14-9-12-2-3-13(14)8-12/h12-14H,2-11H2,1H3,(H,18,19). The fourth-order valence-corrected chi connectivity index (χ4v) is 4.67. The van der Waals surface area contributed by atoms with Crippen LogP contribution in [0.25, 0.3) is 0 Å². The Labute approximate surface area is 132 Å². The molecule has 0 aromatic rings. The van der Waals surface area contributed by atoms with Crippen LogP contribution in [0.1, 0.15) is 51.4 Å². The summed E-state index contributed by atoms with van der Waals surface area (Å²) >= 11 is 0. The van der Waals surface area contributed by atoms with Crippen LogP contribution in [0.15, 0.2) is 0 Å². The Bertz CT molecular complexity index is 430. The third-order valence-corrected chi connectivity index (χ3v) is 5.90. The lowest BCUT2D eigenvalue weighted by Crippen LogP contribution is -2.53. The Kier molecular flexibility index (Phi) is 4.71. The molecule has 5 nitrogen and oxygen atoms in total. The molecule has 3 unspecified atom stereocenters. The first-order chi connectivity index (χ1) is 10.6. The minimum Gasteiger partial charge on any atom is -0.469 e. The summed E-state index contributed by atoms with van der Waals surface area (Å²) in [5, 5.41) is 3.16. The van der Waals surface area contributed by atoms with Crippen LogP contribution in [-0.4, -0.2) is 37.7 Å². The topological polar surface area (TPSA) is 64.6 Å². The second-order valence-electron chi connectivity index (χ2n) is 7.33. The van der Waals surface area contributed by atoms with Crippen LogP contribution in [0, 0.1) is 17.8 Å². The molecule has 0 radical (unpaired) electrons. The minimum atomic E-state index is -0.472. The van der Waals surface area contributed by atoms with Crippen molar-refractivity contribution < 1.29 is 19.1 Å². The van der Waals surface area contributed by atoms with E-state index in [1.165, 1.54) is 32.8 Å². The molecule has 3 atom stereocenters. The van der Waals surface area contributed by atoms with Crippen molar-refractivity contribution in [2.24, 2.45) is 17.8 Å². The maximum Gasteiger partial charge on any atom is 0.307 e. The molecule has 2 aliphatic carbocycles. The van der Waals surface area contributed by atoms with E-state index < -0.39 is 5.54 Å². The number of fused-ring (bicyclic) bond motifs is 2. The summed E-state index contributed by atoms with van der Waals surface area (Å²) in [5.41, 5.74) is -0.472. The number of amides is 1. The van der Waals surface area contributed by atoms with Crippen molar-refractivity contribution in [3.05, 3.63) is 0 Å². The van der Waals surface area contributed by atoms with Gasteiger partial charge in [-0.15, -0.1) is 0 Å². The summed E-state index contributed by atoms with van der Waals surface area (Å²) in [7, 11) is 1.40. The van der Waals surface area contributed by atoms with E-state index in [-0.39, 0.29) is 18.3 Å². The highest BCUT2D eigenvalue weighted by atomic mass is 16.5. The Balaban J connectivity index is 1.57. The van der Waals surface area contributed by atoms with Crippen LogP contribution in [0.3, 0.4) is 0 Å². The molecule has 0 spiro atoms. The van der Waals surface area contributed by atoms with Crippen molar-refractivity contribution in [2.45, 2.75) is 56.9 Å². The van der Waals surface area contributed by atoms with Crippen LogP contribution >= 0.6 is 0 Å². The lowest BCUT2D eigenvalue weighted by Gasteiger charge is -2.37. The third-order valence-electron chi connectivity index (χ3n) is 5.90. The van der Waals surface area contributed by atoms with Crippen LogP contribution < -0.4 is 5.32 Å². The Morgan fingerprint density at radius 2 is 2.00 bits per heavy atom. The van der Waals surface area contributed by atoms with E-state index in [1.807, 2.05) is 0 Å². The number of carbonyl (C=O) groups is 2. The maximum absolute atomic E-state index is 12.5. The largest absolute Gasteiger partial charge is 0.469 e. The molecule has 124 valence electrons. The predicted octanol–water partition coefficient (Wildman–Crippen LogP) is 2.04. The molecule has 1 saturated heterocycles. The van der Waals surface area contributed by atoms with Crippen LogP contribution in [-0.2, 0) is 19.1 Å². The van der Waals surface area contributed by atoms with E-state index in [0.29, 0.717) is 38.4 Å². The second kappa shape index (κ2) is 6.57. The van der Waals surface area contributed by atoms with Gasteiger partial charge in [0.25, 0.3) is 0 Å². The van der Waals surface area contributed by atoms with E-state index in [4.69, 9.17) is 9.47 Å². The van der Waals surface area contributed by atoms with Gasteiger partial charge in [0.05, 0.1) is 19.1 Å². The van der Waals surface area contributed by atoms with Gasteiger partial charge in [0.15, 0.2) is 0 Å². The number of methoxy groups -OCH3 is 1. The summed E-state index contributed by atoms with van der Waals surface area (Å²) in [6, 6.07) is 0. The molecule has 1 amide bonds. The second-order valence-corrected chi connectivity index (χ2v) is 7.33. The van der Waals surface area contributed by atoms with Gasteiger partial charge in [-0.2, -0.15) is 0 Å². The first-order valence-electron chi connectivity index (χ1n) is 8.56. The summed E-state index contributed by atoms with van der Waals surface area (Å²) in [6.45, 7) is 1.18. The van der Waals surface area contributed by atoms with Gasteiger partial charge in [-0.1, -0.05) is 6.42 Å². The Morgan fingerprint density at radius 1 is 1.23 bits per heavy atom. The highest BCUT2D eigenvalue weighted by Gasteiger charge is 2.42. The average Bonchev–Trinajstić information content (AvgIpc) is 3.10. The molecule has 5 heteroatoms. The zero-order chi connectivity index (χ0) is 15.6. The minimum absolute atomic E-state index is 0.100. The van der Waals surface area contributed by atoms with Gasteiger partial charge in [-0.3, -0.25) is 9.59 Å². The number of nitrogens with one attached hydrogen (secondary N) is 1. The summed E-state index contributed by atoms with van der Waals surface area (Å²) in [4.78, 5) is 24.2. The molecule has 3 aliphatic rings. The van der Waals surface area contributed by atoms with Gasteiger partial charge in [-0.25, -0.2) is 0 Å². The highest BCUT2D eigenvalue weighted by Crippen LogP contribution is 2.49. The SMILES string of the molecule is COC(=O)CC1(NC(=O)CC2CC3CCC2C3)CCOCC1. The lowest BCUT2D eigenvalue weighted by atomic mass is 9.84. The maximum atomic E-state index is 12.5. The molecule has 1 aliphatic heterocycles. The van der Waals surface area contributed by atoms with Crippen molar-refractivity contribution in [3.63, 3.8) is 0 Å². The number of rotatable bonds is 5. The van der Waals surface area contributed by atoms with E-state index in [0.717, 1.165) is 11.8 Å². The molecular formula is C17H27NO4. The summed E-state index contributed by atoms with van der Waals surface area (Å²) in [6.07, 6.45) is 7.41. The fourth-order valence-electron chi connectivity index (χ4n) is 4.67. The normalized spacial score (nSPS) is 32.7. The van der Waals surface area contributed by atoms with E-state index >= 15 is 0 Å². The predicted molar refractivity (Wildman–Crippen MR) is 81.1 cm³/mol. The molecule has 3 fully saturated rings. The van der Waals surface area contributed by atoms with Gasteiger partial charge in [0, 0.05) is 19.6 Å². The lowest BCUT2D eigenvalue weighted by molar-refractivity contribution is -0.144. The number of esters is 1. The van der Waals surface area contributed by atoms with E-state index in [9.17, 15) is 9.59 Å². The molecule has 2 bridgehead atoms. The highest BCUT2D eigenvalue weighted by molar-refractivity contribution is 5.79. The third kappa shape index (κ3) is 3.45. The van der Waals surface area contributed by atoms with E-state index in [2.05, 4.69) is 5.32 Å². The first kappa shape index (κ1) is 15.8. The molecule has 22 heavy (non-hydrogen) atoms. The van der Waals surface area contributed by atoms with Crippen molar-refractivity contribution >= 4 is 11.9 Å². The van der Waals surface area contributed by atoms with E-state index in [1.54, 1.807) is 0 Å². The number of carbonyl (C=O) groups excluding carboxylic acids is 2. The Hall–Kier alpha value is -1.10. The van der Waals surface area contributed by atoms with Crippen molar-refractivity contribution in [1.82, 2.24) is 5.32 Å². The van der Waals surface area contributed by atoms with Crippen molar-refractivity contribution in [2.75, 3.05) is 20.3 Å². The van der Waals surface area contributed by atoms with Gasteiger partial charge in [-0.05, 0) is 49.9 Å². The molecule has 3 rings (SSSR count). The number of hydrogen-bond donors (Lipinski definition) is 1. The van der Waals surface area contributed by atoms with Crippen LogP contribution in [0.5, 0.6) is 0 Å². The van der Waals surface area contributed by atoms with Crippen LogP contribution in [0.4, 0.5) is 0 Å². The van der Waals surface area contributed by atoms with Gasteiger partial charge in [0.1, 0.15) is 0 Å². The van der Waals surface area contributed by atoms with Crippen molar-refractivity contribution in [1.29, 1.82) is 0 Å². The fraction of sp³-hybridized carbons (Fsp3) is 0.882. The molecule has 2 saturated carbocycles. The van der Waals surface area contributed by atoms with Crippen LogP contribution in [0.2, 0.25) is 0 Å². The molecule has 0 aromatic heterocycles. The zero-order valence-electron chi connectivity index (χ0n) is 13.4. The monoisotopic (exact) mass is 309 g/mol. The van der Waals surface area contributed by atoms with Crippen molar-refractivity contribution in [3.8, 4) is 0 Å². The van der Waals surface area contributed by atoms with Gasteiger partial charge >= 0.3 is 5.97 Å². The number of ether oxygens (including phenoxy) is 2. The van der Waals surface area contributed by atoms with Gasteiger partial charge < -0.3 is 14.8 Å². The zero-order valence-corrected chi connectivity index (χ0v) is 13.4. The molecule has 1 heterocycles. The summed E-state index contributed by atoms with van der Waals surface area (Å²) in [5.74, 6) is 2.00. The molecule has 0 aromatic carbocycles. The smallest absolute Gasteiger partial charge is 0.307 e. The summed E-state index contributed by atoms with van der Waals surface area (Å²) < 4.78 is 10.2. The molecular weight excluding hydrogens is 282 g/mol. The average molecular weight is 309 g/mol. The Morgan fingerprint density at radius 3 is 2.59 bits per heavy atom. The molecule has 1 N–H and O–H groups in total. The van der Waals surface area contributed by atoms with Gasteiger partial charge in [0.2, 0.25) is 5.91 Å².